The summed E-state index contributed by atoms with van der Waals surface area (Å²) in [5.74, 6) is 0.179. The molecule has 0 aromatic rings. The van der Waals surface area contributed by atoms with Crippen molar-refractivity contribution in [1.82, 2.24) is 4.90 Å². The van der Waals surface area contributed by atoms with E-state index in [0.29, 0.717) is 24.5 Å². The summed E-state index contributed by atoms with van der Waals surface area (Å²) in [6, 6.07) is 0. The van der Waals surface area contributed by atoms with Crippen LogP contribution in [0.15, 0.2) is 0 Å². The van der Waals surface area contributed by atoms with Crippen LogP contribution >= 0.6 is 12.2 Å². The summed E-state index contributed by atoms with van der Waals surface area (Å²) in [6.07, 6.45) is 9.25. The lowest BCUT2D eigenvalue weighted by atomic mass is 10.1. The number of likely N-dealkylation sites (N-methyl/N-ethyl adjacent to an activating group) is 1. The van der Waals surface area contributed by atoms with Crippen molar-refractivity contribution >= 4 is 23.1 Å². The highest BCUT2D eigenvalue weighted by molar-refractivity contribution is 7.80. The molecule has 0 aromatic heterocycles. The molecule has 4 heteroatoms. The summed E-state index contributed by atoms with van der Waals surface area (Å²) >= 11 is 4.84. The number of unbranched alkanes of at least 4 members (excludes halogenated alkanes) is 6. The highest BCUT2D eigenvalue weighted by Crippen LogP contribution is 2.09. The quantitative estimate of drug-likeness (QED) is 0.464. The van der Waals surface area contributed by atoms with Crippen molar-refractivity contribution in [2.24, 2.45) is 5.73 Å². The van der Waals surface area contributed by atoms with Crippen molar-refractivity contribution in [2.75, 3.05) is 13.1 Å². The number of hydrogen-bond donors (Lipinski definition) is 1. The van der Waals surface area contributed by atoms with Gasteiger partial charge in [-0.15, -0.1) is 0 Å². The molecule has 0 radical (unpaired) electrons. The van der Waals surface area contributed by atoms with Crippen LogP contribution in [0, 0.1) is 0 Å². The fraction of sp³-hybridized carbons (Fsp3) is 0.857. The number of nitrogens with two attached hydrogens (primary N) is 1. The second-order valence-corrected chi connectivity index (χ2v) is 5.27. The zero-order valence-electron chi connectivity index (χ0n) is 11.9. The molecule has 0 heterocycles. The fourth-order valence-electron chi connectivity index (χ4n) is 1.96. The van der Waals surface area contributed by atoms with E-state index in [1.54, 1.807) is 4.90 Å². The third kappa shape index (κ3) is 9.40. The highest BCUT2D eigenvalue weighted by Gasteiger charge is 2.11. The molecule has 0 rings (SSSR count). The molecule has 0 saturated heterocycles. The van der Waals surface area contributed by atoms with Crippen LogP contribution in [0.2, 0.25) is 0 Å². The van der Waals surface area contributed by atoms with E-state index in [0.717, 1.165) is 12.8 Å². The first kappa shape index (κ1) is 17.4. The van der Waals surface area contributed by atoms with Gasteiger partial charge in [0.25, 0.3) is 0 Å². The number of carbonyl (C=O) groups is 1. The minimum Gasteiger partial charge on any atom is -0.392 e. The van der Waals surface area contributed by atoms with E-state index in [4.69, 9.17) is 18.0 Å². The molecule has 0 aliphatic carbocycles. The number of amides is 1. The molecular weight excluding hydrogens is 244 g/mol. The largest absolute Gasteiger partial charge is 0.392 e. The molecule has 106 valence electrons. The minimum atomic E-state index is 0.179. The average Bonchev–Trinajstić information content (AvgIpc) is 2.34. The molecule has 0 aliphatic rings. The van der Waals surface area contributed by atoms with Gasteiger partial charge in [-0.1, -0.05) is 57.7 Å². The van der Waals surface area contributed by atoms with E-state index in [1.807, 2.05) is 6.92 Å². The van der Waals surface area contributed by atoms with Gasteiger partial charge < -0.3 is 10.6 Å². The Kier molecular flexibility index (Phi) is 11.0. The Morgan fingerprint density at radius 1 is 1.06 bits per heavy atom. The summed E-state index contributed by atoms with van der Waals surface area (Å²) in [5.41, 5.74) is 5.47. The molecule has 0 aliphatic heterocycles. The van der Waals surface area contributed by atoms with Crippen molar-refractivity contribution in [2.45, 2.75) is 65.2 Å². The first-order valence-corrected chi connectivity index (χ1v) is 7.58. The Hall–Kier alpha value is -0.640. The first-order valence-electron chi connectivity index (χ1n) is 7.17. The van der Waals surface area contributed by atoms with E-state index < -0.39 is 0 Å². The van der Waals surface area contributed by atoms with Crippen molar-refractivity contribution < 1.29 is 4.79 Å². The smallest absolute Gasteiger partial charge is 0.222 e. The van der Waals surface area contributed by atoms with Gasteiger partial charge in [0.2, 0.25) is 5.91 Å². The molecule has 0 atom stereocenters. The molecule has 2 N–H and O–H groups in total. The van der Waals surface area contributed by atoms with Gasteiger partial charge in [-0.05, 0) is 13.3 Å². The van der Waals surface area contributed by atoms with E-state index in [9.17, 15) is 4.79 Å². The SMILES string of the molecule is CCCCCCCCCC(=O)N(CC)CC(N)=S. The summed E-state index contributed by atoms with van der Waals surface area (Å²) in [6.45, 7) is 5.29. The van der Waals surface area contributed by atoms with Crippen LogP contribution in [0.5, 0.6) is 0 Å². The second-order valence-electron chi connectivity index (χ2n) is 4.75. The first-order chi connectivity index (χ1) is 8.61. The average molecular weight is 272 g/mol. The molecular formula is C14H28N2OS. The van der Waals surface area contributed by atoms with Crippen molar-refractivity contribution in [3.63, 3.8) is 0 Å². The standard InChI is InChI=1S/C14H28N2OS/c1-3-5-6-7-8-9-10-11-14(17)16(4-2)12-13(15)18/h3-12H2,1-2H3,(H2,15,18). The molecule has 0 fully saturated rings. The molecule has 3 nitrogen and oxygen atoms in total. The van der Waals surface area contributed by atoms with E-state index >= 15 is 0 Å². The summed E-state index contributed by atoms with van der Waals surface area (Å²) in [4.78, 5) is 14.0. The van der Waals surface area contributed by atoms with Gasteiger partial charge in [0.05, 0.1) is 11.5 Å². The third-order valence-corrected chi connectivity index (χ3v) is 3.20. The number of rotatable bonds is 11. The van der Waals surface area contributed by atoms with Crippen molar-refractivity contribution in [3.05, 3.63) is 0 Å². The summed E-state index contributed by atoms with van der Waals surface area (Å²) < 4.78 is 0. The molecule has 0 spiro atoms. The fourth-order valence-corrected chi connectivity index (χ4v) is 2.11. The van der Waals surface area contributed by atoms with Crippen LogP contribution < -0.4 is 5.73 Å². The highest BCUT2D eigenvalue weighted by atomic mass is 32.1. The van der Waals surface area contributed by atoms with Gasteiger partial charge in [0.15, 0.2) is 0 Å². The van der Waals surface area contributed by atoms with E-state index in [2.05, 4.69) is 6.92 Å². The van der Waals surface area contributed by atoms with Crippen LogP contribution in [-0.4, -0.2) is 28.9 Å². The molecule has 0 saturated carbocycles. The van der Waals surface area contributed by atoms with Crippen LogP contribution in [0.25, 0.3) is 0 Å². The maximum absolute atomic E-state index is 11.9. The van der Waals surface area contributed by atoms with Crippen molar-refractivity contribution in [3.8, 4) is 0 Å². The maximum atomic E-state index is 11.9. The topological polar surface area (TPSA) is 46.3 Å². The molecule has 0 aromatic carbocycles. The van der Waals surface area contributed by atoms with Gasteiger partial charge in [-0.2, -0.15) is 0 Å². The summed E-state index contributed by atoms with van der Waals surface area (Å²) in [5, 5.41) is 0. The van der Waals surface area contributed by atoms with Gasteiger partial charge in [-0.25, -0.2) is 0 Å². The van der Waals surface area contributed by atoms with Gasteiger partial charge in [-0.3, -0.25) is 4.79 Å². The predicted octanol–water partition coefficient (Wildman–Crippen LogP) is 3.26. The molecule has 0 unspecified atom stereocenters. The van der Waals surface area contributed by atoms with Gasteiger partial charge in [0, 0.05) is 13.0 Å². The number of thiocarbonyl (C=S) groups is 1. The Labute approximate surface area is 117 Å². The Bertz CT molecular complexity index is 244. The van der Waals surface area contributed by atoms with Crippen LogP contribution in [0.3, 0.4) is 0 Å². The minimum absolute atomic E-state index is 0.179. The second kappa shape index (κ2) is 11.5. The third-order valence-electron chi connectivity index (χ3n) is 3.08. The van der Waals surface area contributed by atoms with Crippen molar-refractivity contribution in [1.29, 1.82) is 0 Å². The Morgan fingerprint density at radius 3 is 2.11 bits per heavy atom. The lowest BCUT2D eigenvalue weighted by Crippen LogP contribution is -2.37. The Morgan fingerprint density at radius 2 is 1.61 bits per heavy atom. The predicted molar refractivity (Wildman–Crippen MR) is 81.6 cm³/mol. The zero-order valence-corrected chi connectivity index (χ0v) is 12.7. The Balaban J connectivity index is 3.59. The number of hydrogen-bond acceptors (Lipinski definition) is 2. The lowest BCUT2D eigenvalue weighted by molar-refractivity contribution is -0.130. The number of carbonyl (C=O) groups excluding carboxylic acids is 1. The molecule has 1 amide bonds. The van der Waals surface area contributed by atoms with E-state index in [-0.39, 0.29) is 5.91 Å². The van der Waals surface area contributed by atoms with Gasteiger partial charge >= 0.3 is 0 Å². The van der Waals surface area contributed by atoms with Crippen LogP contribution in [0.1, 0.15) is 65.2 Å². The lowest BCUT2D eigenvalue weighted by Gasteiger charge is -2.19. The maximum Gasteiger partial charge on any atom is 0.222 e. The van der Waals surface area contributed by atoms with Gasteiger partial charge in [0.1, 0.15) is 0 Å². The zero-order chi connectivity index (χ0) is 13.8. The number of nitrogens with zero attached hydrogens (tertiary/aromatic N) is 1. The van der Waals surface area contributed by atoms with Crippen LogP contribution in [-0.2, 0) is 4.79 Å². The normalized spacial score (nSPS) is 10.3. The van der Waals surface area contributed by atoms with Crippen LogP contribution in [0.4, 0.5) is 0 Å². The van der Waals surface area contributed by atoms with E-state index in [1.165, 1.54) is 32.1 Å². The summed E-state index contributed by atoms with van der Waals surface area (Å²) in [7, 11) is 0. The monoisotopic (exact) mass is 272 g/mol. The molecule has 0 bridgehead atoms. The molecule has 18 heavy (non-hydrogen) atoms.